The van der Waals surface area contributed by atoms with Crippen molar-refractivity contribution in [1.82, 2.24) is 31.9 Å². The third kappa shape index (κ3) is 2.55. The van der Waals surface area contributed by atoms with E-state index >= 15 is 0 Å². The predicted molar refractivity (Wildman–Crippen MR) is 50.3 cm³/mol. The van der Waals surface area contributed by atoms with Crippen LogP contribution in [0, 0.1) is 0 Å². The number of nitrogens with zero attached hydrogens (tertiary/aromatic N) is 2. The van der Waals surface area contributed by atoms with Gasteiger partial charge < -0.3 is 0 Å². The third-order valence-electron chi connectivity index (χ3n) is 2.20. The second-order valence-corrected chi connectivity index (χ2v) is 3.38. The number of hydrazine groups is 4. The van der Waals surface area contributed by atoms with Crippen molar-refractivity contribution < 1.29 is 4.79 Å². The van der Waals surface area contributed by atoms with Crippen LogP contribution in [0.15, 0.2) is 0 Å². The summed E-state index contributed by atoms with van der Waals surface area (Å²) in [5.74, 6) is 0. The van der Waals surface area contributed by atoms with Crippen molar-refractivity contribution in [3.63, 3.8) is 0 Å². The fraction of sp³-hybridized carbons (Fsp3) is 0.857. The van der Waals surface area contributed by atoms with Gasteiger partial charge in [0.1, 0.15) is 0 Å². The molecule has 2 aliphatic heterocycles. The van der Waals surface area contributed by atoms with Gasteiger partial charge in [0.2, 0.25) is 0 Å². The van der Waals surface area contributed by atoms with E-state index in [0.29, 0.717) is 0 Å². The summed E-state index contributed by atoms with van der Waals surface area (Å²) in [5.41, 5.74) is 11.5. The maximum absolute atomic E-state index is 11.4. The molecule has 4 N–H and O–H groups in total. The van der Waals surface area contributed by atoms with Gasteiger partial charge in [-0.25, -0.2) is 15.6 Å². The lowest BCUT2D eigenvalue weighted by atomic mass is 10.5. The van der Waals surface area contributed by atoms with E-state index < -0.39 is 0 Å². The molecule has 0 saturated carbocycles. The third-order valence-corrected chi connectivity index (χ3v) is 2.20. The minimum atomic E-state index is -0.214. The van der Waals surface area contributed by atoms with Gasteiger partial charge in [0, 0.05) is 26.2 Å². The summed E-state index contributed by atoms with van der Waals surface area (Å²) in [4.78, 5) is 11.4. The maximum atomic E-state index is 11.4. The molecule has 7 heteroatoms. The van der Waals surface area contributed by atoms with Crippen LogP contribution in [0.3, 0.4) is 0 Å². The summed E-state index contributed by atoms with van der Waals surface area (Å²) in [6, 6.07) is -0.214. The molecule has 2 saturated heterocycles. The summed E-state index contributed by atoms with van der Waals surface area (Å²) in [6.45, 7) is 3.53. The first-order valence-electron chi connectivity index (χ1n) is 4.94. The van der Waals surface area contributed by atoms with Crippen LogP contribution in [-0.2, 0) is 0 Å². The highest BCUT2D eigenvalue weighted by molar-refractivity contribution is 5.72. The Balaban J connectivity index is 1.66. The minimum Gasteiger partial charge on any atom is -0.256 e. The van der Waals surface area contributed by atoms with E-state index in [4.69, 9.17) is 0 Å². The molecule has 2 aliphatic rings. The second-order valence-electron chi connectivity index (χ2n) is 3.38. The van der Waals surface area contributed by atoms with Crippen molar-refractivity contribution in [1.29, 1.82) is 0 Å². The van der Waals surface area contributed by atoms with Crippen molar-refractivity contribution >= 4 is 6.03 Å². The highest BCUT2D eigenvalue weighted by atomic mass is 16.2. The van der Waals surface area contributed by atoms with Gasteiger partial charge in [0.05, 0.1) is 0 Å². The molecule has 7 nitrogen and oxygen atoms in total. The first-order chi connectivity index (χ1) is 6.84. The van der Waals surface area contributed by atoms with Gasteiger partial charge in [-0.15, -0.1) is 0 Å². The molecule has 0 unspecified atom stereocenters. The number of carbonyl (C=O) groups excluding carboxylic acids is 1. The molecule has 80 valence electrons. The fourth-order valence-electron chi connectivity index (χ4n) is 1.52. The Hall–Kier alpha value is -0.890. The molecule has 0 radical (unpaired) electrons. The predicted octanol–water partition coefficient (Wildman–Crippen LogP) is -1.46. The van der Waals surface area contributed by atoms with Gasteiger partial charge >= 0.3 is 6.03 Å². The number of rotatable bonds is 2. The number of nitrogens with one attached hydrogen (secondary N) is 4. The molecular formula is C7H16N6O. The molecule has 0 aromatic heterocycles. The van der Waals surface area contributed by atoms with Gasteiger partial charge in [-0.2, -0.15) is 10.2 Å². The average Bonchev–Trinajstić information content (AvgIpc) is 2.76. The molecule has 0 aromatic rings. The van der Waals surface area contributed by atoms with E-state index in [1.54, 1.807) is 10.2 Å². The van der Waals surface area contributed by atoms with Crippen LogP contribution in [0.1, 0.15) is 12.8 Å². The Labute approximate surface area is 82.7 Å². The van der Waals surface area contributed by atoms with E-state index in [-0.39, 0.29) is 6.03 Å². The van der Waals surface area contributed by atoms with Crippen LogP contribution in [0.25, 0.3) is 0 Å². The Morgan fingerprint density at radius 3 is 1.86 bits per heavy atom. The fourth-order valence-corrected chi connectivity index (χ4v) is 1.52. The van der Waals surface area contributed by atoms with E-state index in [9.17, 15) is 4.79 Å². The zero-order valence-corrected chi connectivity index (χ0v) is 8.05. The van der Waals surface area contributed by atoms with Crippen LogP contribution in [0.4, 0.5) is 4.79 Å². The molecule has 0 spiro atoms. The number of hydrogen-bond donors (Lipinski definition) is 4. The average molecular weight is 200 g/mol. The molecular weight excluding hydrogens is 184 g/mol. The number of hydrogen-bond acceptors (Lipinski definition) is 5. The number of amides is 2. The summed E-state index contributed by atoms with van der Waals surface area (Å²) < 4.78 is 0. The first kappa shape index (κ1) is 9.66. The Kier molecular flexibility index (Phi) is 3.14. The van der Waals surface area contributed by atoms with Gasteiger partial charge in [-0.3, -0.25) is 10.9 Å². The molecule has 14 heavy (non-hydrogen) atoms. The molecule has 2 fully saturated rings. The van der Waals surface area contributed by atoms with E-state index in [0.717, 1.165) is 39.0 Å². The first-order valence-corrected chi connectivity index (χ1v) is 4.94. The molecule has 2 amide bonds. The largest absolute Gasteiger partial charge is 0.345 e. The van der Waals surface area contributed by atoms with Gasteiger partial charge in [-0.1, -0.05) is 0 Å². The quantitative estimate of drug-likeness (QED) is 0.438. The zero-order valence-electron chi connectivity index (χ0n) is 8.05. The van der Waals surface area contributed by atoms with Crippen LogP contribution in [0.2, 0.25) is 0 Å². The lowest BCUT2D eigenvalue weighted by Gasteiger charge is -2.20. The smallest absolute Gasteiger partial charge is 0.256 e. The van der Waals surface area contributed by atoms with E-state index in [1.165, 1.54) is 0 Å². The highest BCUT2D eigenvalue weighted by Gasteiger charge is 2.16. The van der Waals surface area contributed by atoms with Crippen LogP contribution in [0.5, 0.6) is 0 Å². The minimum absolute atomic E-state index is 0.214. The Morgan fingerprint density at radius 2 is 1.50 bits per heavy atom. The van der Waals surface area contributed by atoms with Gasteiger partial charge in [0.15, 0.2) is 0 Å². The lowest BCUT2D eigenvalue weighted by Crippen LogP contribution is -2.56. The summed E-state index contributed by atoms with van der Waals surface area (Å²) in [7, 11) is 0. The molecule has 0 bridgehead atoms. The maximum Gasteiger partial charge on any atom is 0.345 e. The van der Waals surface area contributed by atoms with Gasteiger partial charge in [-0.05, 0) is 12.8 Å². The molecule has 0 aliphatic carbocycles. The van der Waals surface area contributed by atoms with Crippen LogP contribution >= 0.6 is 0 Å². The van der Waals surface area contributed by atoms with Crippen molar-refractivity contribution in [3.05, 3.63) is 0 Å². The summed E-state index contributed by atoms with van der Waals surface area (Å²) >= 11 is 0. The monoisotopic (exact) mass is 200 g/mol. The van der Waals surface area contributed by atoms with Crippen molar-refractivity contribution in [2.45, 2.75) is 12.8 Å². The van der Waals surface area contributed by atoms with Crippen molar-refractivity contribution in [2.75, 3.05) is 26.2 Å². The van der Waals surface area contributed by atoms with E-state index in [2.05, 4.69) is 21.7 Å². The van der Waals surface area contributed by atoms with Crippen molar-refractivity contribution in [2.24, 2.45) is 0 Å². The SMILES string of the molecule is O=C(NN1CCCN1)NN1CCCN1. The summed E-state index contributed by atoms with van der Waals surface area (Å²) in [5, 5.41) is 3.40. The standard InChI is InChI=1S/C7H16N6O/c14-7(10-12-5-1-3-8-12)11-13-6-2-4-9-13/h8-9H,1-6H2,(H2,10,11,14). The topological polar surface area (TPSA) is 71.7 Å². The van der Waals surface area contributed by atoms with E-state index in [1.807, 2.05) is 0 Å². The second kappa shape index (κ2) is 4.56. The Bertz CT molecular complexity index is 178. The summed E-state index contributed by atoms with van der Waals surface area (Å²) in [6.07, 6.45) is 2.12. The normalized spacial score (nSPS) is 24.0. The highest BCUT2D eigenvalue weighted by Crippen LogP contribution is 1.93. The van der Waals surface area contributed by atoms with Crippen molar-refractivity contribution in [3.8, 4) is 0 Å². The van der Waals surface area contributed by atoms with Crippen LogP contribution < -0.4 is 21.7 Å². The molecule has 0 atom stereocenters. The number of carbonyl (C=O) groups is 1. The Morgan fingerprint density at radius 1 is 1.00 bits per heavy atom. The van der Waals surface area contributed by atoms with Gasteiger partial charge in [0.25, 0.3) is 0 Å². The van der Waals surface area contributed by atoms with Crippen LogP contribution in [-0.4, -0.2) is 42.4 Å². The lowest BCUT2D eigenvalue weighted by molar-refractivity contribution is 0.124. The molecule has 0 aromatic carbocycles. The molecule has 2 rings (SSSR count). The molecule has 2 heterocycles. The number of urea groups is 1. The zero-order chi connectivity index (χ0) is 9.80.